The van der Waals surface area contributed by atoms with Crippen LogP contribution in [0.5, 0.6) is 0 Å². The number of esters is 1. The van der Waals surface area contributed by atoms with Crippen molar-refractivity contribution in [1.82, 2.24) is 0 Å². The molecule has 0 fully saturated rings. The van der Waals surface area contributed by atoms with E-state index < -0.39 is 5.60 Å². The fourth-order valence-electron chi connectivity index (χ4n) is 1.64. The Balaban J connectivity index is 2.76. The summed E-state index contributed by atoms with van der Waals surface area (Å²) in [5, 5.41) is 10.8. The molecule has 1 aromatic carbocycles. The van der Waals surface area contributed by atoms with Crippen molar-refractivity contribution in [2.24, 2.45) is 0 Å². The molecule has 18 heavy (non-hydrogen) atoms. The molecule has 0 saturated carbocycles. The van der Waals surface area contributed by atoms with Gasteiger partial charge in [0.25, 0.3) is 0 Å². The second-order valence-electron chi connectivity index (χ2n) is 4.20. The van der Waals surface area contributed by atoms with Gasteiger partial charge in [-0.05, 0) is 32.4 Å². The molecular weight excluding hydrogens is 319 g/mol. The summed E-state index contributed by atoms with van der Waals surface area (Å²) in [6.45, 7) is 3.74. The highest BCUT2D eigenvalue weighted by molar-refractivity contribution is 9.10. The Bertz CT molecular complexity index is 432. The first-order valence-electron chi connectivity index (χ1n) is 5.70. The molecule has 1 unspecified atom stereocenters. The van der Waals surface area contributed by atoms with E-state index in [2.05, 4.69) is 15.9 Å². The fourth-order valence-corrected chi connectivity index (χ4v) is 2.52. The second kappa shape index (κ2) is 6.55. The van der Waals surface area contributed by atoms with Gasteiger partial charge in [0.05, 0.1) is 12.2 Å². The van der Waals surface area contributed by atoms with Crippen LogP contribution in [0.1, 0.15) is 32.3 Å². The van der Waals surface area contributed by atoms with E-state index in [0.717, 1.165) is 4.47 Å². The first kappa shape index (κ1) is 15.5. The van der Waals surface area contributed by atoms with Crippen molar-refractivity contribution in [3.05, 3.63) is 33.3 Å². The lowest BCUT2D eigenvalue weighted by Gasteiger charge is -2.24. The standard InChI is InChI=1S/C13H16BrClO3/c1-3-18-12(16)6-7-13(2,17)10-5-4-9(14)8-11(10)15/h4-5,8,17H,3,6-7H2,1-2H3. The number of benzene rings is 1. The van der Waals surface area contributed by atoms with Crippen molar-refractivity contribution in [2.45, 2.75) is 32.3 Å². The Morgan fingerprint density at radius 1 is 1.56 bits per heavy atom. The highest BCUT2D eigenvalue weighted by Crippen LogP contribution is 2.33. The Labute approximate surface area is 120 Å². The lowest BCUT2D eigenvalue weighted by molar-refractivity contribution is -0.144. The van der Waals surface area contributed by atoms with Crippen molar-refractivity contribution in [2.75, 3.05) is 6.61 Å². The maximum Gasteiger partial charge on any atom is 0.305 e. The van der Waals surface area contributed by atoms with Crippen molar-refractivity contribution < 1.29 is 14.6 Å². The molecule has 0 spiro atoms. The minimum absolute atomic E-state index is 0.160. The highest BCUT2D eigenvalue weighted by atomic mass is 79.9. The topological polar surface area (TPSA) is 46.5 Å². The van der Waals surface area contributed by atoms with Gasteiger partial charge in [-0.3, -0.25) is 4.79 Å². The van der Waals surface area contributed by atoms with Crippen LogP contribution in [0.3, 0.4) is 0 Å². The van der Waals surface area contributed by atoms with Crippen LogP contribution in [0, 0.1) is 0 Å². The average molecular weight is 336 g/mol. The molecule has 1 aromatic rings. The van der Waals surface area contributed by atoms with Crippen LogP contribution in [0.15, 0.2) is 22.7 Å². The van der Waals surface area contributed by atoms with Crippen LogP contribution in [0.4, 0.5) is 0 Å². The molecule has 1 rings (SSSR count). The van der Waals surface area contributed by atoms with E-state index in [4.69, 9.17) is 16.3 Å². The number of rotatable bonds is 5. The molecule has 1 atom stereocenters. The van der Waals surface area contributed by atoms with Crippen LogP contribution in [0.2, 0.25) is 5.02 Å². The van der Waals surface area contributed by atoms with Gasteiger partial charge in [-0.15, -0.1) is 0 Å². The molecule has 1 N–H and O–H groups in total. The zero-order valence-corrected chi connectivity index (χ0v) is 12.7. The van der Waals surface area contributed by atoms with Crippen LogP contribution in [-0.2, 0) is 15.1 Å². The highest BCUT2D eigenvalue weighted by Gasteiger charge is 2.26. The maximum atomic E-state index is 11.3. The predicted octanol–water partition coefficient (Wildman–Crippen LogP) is 3.65. The number of carbonyl (C=O) groups excluding carboxylic acids is 1. The zero-order chi connectivity index (χ0) is 13.8. The smallest absolute Gasteiger partial charge is 0.305 e. The van der Waals surface area contributed by atoms with Gasteiger partial charge in [0.1, 0.15) is 0 Å². The van der Waals surface area contributed by atoms with E-state index in [1.807, 2.05) is 0 Å². The van der Waals surface area contributed by atoms with Crippen molar-refractivity contribution in [3.8, 4) is 0 Å². The molecule has 0 saturated heterocycles. The number of aliphatic hydroxyl groups is 1. The van der Waals surface area contributed by atoms with Crippen molar-refractivity contribution >= 4 is 33.5 Å². The van der Waals surface area contributed by atoms with Gasteiger partial charge >= 0.3 is 5.97 Å². The first-order valence-corrected chi connectivity index (χ1v) is 6.87. The maximum absolute atomic E-state index is 11.3. The van der Waals surface area contributed by atoms with E-state index in [1.54, 1.807) is 32.0 Å². The zero-order valence-electron chi connectivity index (χ0n) is 10.4. The van der Waals surface area contributed by atoms with E-state index in [1.165, 1.54) is 0 Å². The van der Waals surface area contributed by atoms with Crippen LogP contribution in [0.25, 0.3) is 0 Å². The van der Waals surface area contributed by atoms with Crippen LogP contribution in [-0.4, -0.2) is 17.7 Å². The van der Waals surface area contributed by atoms with Crippen LogP contribution >= 0.6 is 27.5 Å². The molecule has 0 bridgehead atoms. The summed E-state index contributed by atoms with van der Waals surface area (Å²) >= 11 is 9.39. The molecule has 0 aliphatic heterocycles. The lowest BCUT2D eigenvalue weighted by Crippen LogP contribution is -2.23. The third-order valence-electron chi connectivity index (χ3n) is 2.63. The summed E-state index contributed by atoms with van der Waals surface area (Å²) in [5.41, 5.74) is -0.540. The Morgan fingerprint density at radius 3 is 2.78 bits per heavy atom. The molecule has 0 aromatic heterocycles. The van der Waals surface area contributed by atoms with E-state index in [-0.39, 0.29) is 18.8 Å². The minimum atomic E-state index is -1.15. The van der Waals surface area contributed by atoms with Gasteiger partial charge in [0.15, 0.2) is 0 Å². The number of halogens is 2. The number of carbonyl (C=O) groups is 1. The summed E-state index contributed by atoms with van der Waals surface area (Å²) in [5.74, 6) is -0.314. The second-order valence-corrected chi connectivity index (χ2v) is 5.53. The predicted molar refractivity (Wildman–Crippen MR) is 74.6 cm³/mol. The third-order valence-corrected chi connectivity index (χ3v) is 3.44. The molecule has 5 heteroatoms. The van der Waals surface area contributed by atoms with Gasteiger partial charge in [-0.1, -0.05) is 33.6 Å². The summed E-state index contributed by atoms with van der Waals surface area (Å²) in [7, 11) is 0. The van der Waals surface area contributed by atoms with Gasteiger partial charge < -0.3 is 9.84 Å². The van der Waals surface area contributed by atoms with Gasteiger partial charge in [-0.2, -0.15) is 0 Å². The average Bonchev–Trinajstić information content (AvgIpc) is 2.26. The van der Waals surface area contributed by atoms with Gasteiger partial charge in [0, 0.05) is 21.5 Å². The molecular formula is C13H16BrClO3. The monoisotopic (exact) mass is 334 g/mol. The van der Waals surface area contributed by atoms with E-state index >= 15 is 0 Å². The lowest BCUT2D eigenvalue weighted by atomic mass is 9.91. The Kier molecular flexibility index (Phi) is 5.63. The largest absolute Gasteiger partial charge is 0.466 e. The molecule has 3 nitrogen and oxygen atoms in total. The normalized spacial score (nSPS) is 14.1. The number of ether oxygens (including phenoxy) is 1. The van der Waals surface area contributed by atoms with Gasteiger partial charge in [0.2, 0.25) is 0 Å². The summed E-state index contributed by atoms with van der Waals surface area (Å²) < 4.78 is 5.68. The fraction of sp³-hybridized carbons (Fsp3) is 0.462. The van der Waals surface area contributed by atoms with Gasteiger partial charge in [-0.25, -0.2) is 0 Å². The molecule has 0 heterocycles. The molecule has 0 radical (unpaired) electrons. The quantitative estimate of drug-likeness (QED) is 0.835. The Morgan fingerprint density at radius 2 is 2.22 bits per heavy atom. The number of hydrogen-bond acceptors (Lipinski definition) is 3. The Hall–Kier alpha value is -0.580. The third kappa shape index (κ3) is 4.26. The minimum Gasteiger partial charge on any atom is -0.466 e. The van der Waals surface area contributed by atoms with E-state index in [9.17, 15) is 9.90 Å². The summed E-state index contributed by atoms with van der Waals surface area (Å²) in [4.78, 5) is 11.3. The summed E-state index contributed by atoms with van der Waals surface area (Å²) in [6.07, 6.45) is 0.431. The summed E-state index contributed by atoms with van der Waals surface area (Å²) in [6, 6.07) is 5.27. The van der Waals surface area contributed by atoms with Crippen molar-refractivity contribution in [3.63, 3.8) is 0 Å². The van der Waals surface area contributed by atoms with Crippen molar-refractivity contribution in [1.29, 1.82) is 0 Å². The first-order chi connectivity index (χ1) is 8.36. The molecule has 0 aliphatic carbocycles. The molecule has 100 valence electrons. The van der Waals surface area contributed by atoms with E-state index in [0.29, 0.717) is 17.2 Å². The molecule has 0 amide bonds. The molecule has 0 aliphatic rings. The van der Waals surface area contributed by atoms with Crippen LogP contribution < -0.4 is 0 Å². The SMILES string of the molecule is CCOC(=O)CCC(C)(O)c1ccc(Br)cc1Cl. The number of hydrogen-bond donors (Lipinski definition) is 1.